The Morgan fingerprint density at radius 1 is 1.18 bits per heavy atom. The second-order valence-electron chi connectivity index (χ2n) is 11.7. The van der Waals surface area contributed by atoms with Gasteiger partial charge in [0.2, 0.25) is 5.91 Å². The molecule has 3 amide bonds. The van der Waals surface area contributed by atoms with E-state index in [1.54, 1.807) is 11.1 Å². The summed E-state index contributed by atoms with van der Waals surface area (Å²) in [5, 5.41) is 11.1. The number of likely N-dealkylation sites (tertiary alicyclic amines) is 1. The Morgan fingerprint density at radius 3 is 2.74 bits per heavy atom. The van der Waals surface area contributed by atoms with Crippen LogP contribution in [0.5, 0.6) is 0 Å². The zero-order valence-electron chi connectivity index (χ0n) is 22.4. The number of hydrogen-bond donors (Lipinski definition) is 2. The largest absolute Gasteiger partial charge is 0.445 e. The molecule has 3 heterocycles. The van der Waals surface area contributed by atoms with Crippen molar-refractivity contribution in [1.29, 1.82) is 0 Å². The van der Waals surface area contributed by atoms with Gasteiger partial charge in [0.15, 0.2) is 0 Å². The number of ether oxygens (including phenoxy) is 2. The van der Waals surface area contributed by atoms with E-state index in [1.807, 2.05) is 68.1 Å². The van der Waals surface area contributed by atoms with Crippen LogP contribution in [0.25, 0.3) is 10.9 Å². The number of amides is 3. The summed E-state index contributed by atoms with van der Waals surface area (Å²) in [6.45, 7) is 6.86. The first-order chi connectivity index (χ1) is 18.6. The maximum atomic E-state index is 14.3. The summed E-state index contributed by atoms with van der Waals surface area (Å²) in [7, 11) is 0. The molecule has 3 aromatic rings. The molecule has 3 atom stereocenters. The van der Waals surface area contributed by atoms with Crippen molar-refractivity contribution in [2.45, 2.75) is 69.9 Å². The van der Waals surface area contributed by atoms with Gasteiger partial charge in [-0.1, -0.05) is 36.4 Å². The Hall–Kier alpha value is -4.08. The van der Waals surface area contributed by atoms with Gasteiger partial charge in [0.25, 0.3) is 0 Å². The number of carbonyl (C=O) groups is 3. The van der Waals surface area contributed by atoms with Gasteiger partial charge in [0.1, 0.15) is 17.7 Å². The van der Waals surface area contributed by atoms with Gasteiger partial charge in [-0.25, -0.2) is 9.59 Å². The third-order valence-corrected chi connectivity index (χ3v) is 7.87. The molecule has 2 N–H and O–H groups in total. The Balaban J connectivity index is 1.27. The molecular weight excluding hydrogens is 498 g/mol. The molecule has 2 fully saturated rings. The summed E-state index contributed by atoms with van der Waals surface area (Å²) in [4.78, 5) is 43.5. The van der Waals surface area contributed by atoms with E-state index in [2.05, 4.69) is 15.5 Å². The Kier molecular flexibility index (Phi) is 6.00. The van der Waals surface area contributed by atoms with E-state index >= 15 is 0 Å². The highest BCUT2D eigenvalue weighted by atomic mass is 16.6. The van der Waals surface area contributed by atoms with Gasteiger partial charge in [-0.05, 0) is 56.4 Å². The molecule has 1 aromatic heterocycles. The number of nitrogens with one attached hydrogen (secondary N) is 2. The van der Waals surface area contributed by atoms with Gasteiger partial charge >= 0.3 is 12.2 Å². The lowest BCUT2D eigenvalue weighted by Crippen LogP contribution is -2.54. The zero-order valence-corrected chi connectivity index (χ0v) is 22.4. The van der Waals surface area contributed by atoms with Crippen molar-refractivity contribution in [1.82, 2.24) is 25.3 Å². The Bertz CT molecular complexity index is 1430. The molecule has 0 bridgehead atoms. The van der Waals surface area contributed by atoms with Crippen LogP contribution in [0.4, 0.5) is 9.59 Å². The average molecular weight is 532 g/mol. The normalized spacial score (nSPS) is 24.1. The van der Waals surface area contributed by atoms with Crippen LogP contribution in [0.1, 0.15) is 56.2 Å². The van der Waals surface area contributed by atoms with Crippen molar-refractivity contribution < 1.29 is 23.9 Å². The number of fused-ring (bicyclic) bond motifs is 5. The monoisotopic (exact) mass is 531 g/mol. The SMILES string of the molecule is CC(C)(C)OC(=O)N1CCC(N2Cc3c(ccc4[nH]ncc34)C3CC3(NC(=O)OCc3ccccc3)C2=O)C1. The van der Waals surface area contributed by atoms with Crippen LogP contribution in [-0.2, 0) is 27.4 Å². The van der Waals surface area contributed by atoms with Crippen LogP contribution < -0.4 is 5.32 Å². The second kappa shape index (κ2) is 9.29. The summed E-state index contributed by atoms with van der Waals surface area (Å²) in [6, 6.07) is 13.2. The van der Waals surface area contributed by atoms with E-state index in [4.69, 9.17) is 9.47 Å². The van der Waals surface area contributed by atoms with Gasteiger partial charge in [-0.15, -0.1) is 0 Å². The molecular formula is C29H33N5O5. The van der Waals surface area contributed by atoms with Gasteiger partial charge in [-0.3, -0.25) is 9.89 Å². The second-order valence-corrected chi connectivity index (χ2v) is 11.7. The van der Waals surface area contributed by atoms with Crippen molar-refractivity contribution in [3.8, 4) is 0 Å². The molecule has 1 saturated heterocycles. The van der Waals surface area contributed by atoms with Crippen LogP contribution in [0.3, 0.4) is 0 Å². The number of aromatic nitrogens is 2. The first kappa shape index (κ1) is 25.2. The van der Waals surface area contributed by atoms with Crippen molar-refractivity contribution in [2.24, 2.45) is 0 Å². The zero-order chi connectivity index (χ0) is 27.4. The lowest BCUT2D eigenvalue weighted by Gasteiger charge is -2.32. The standard InChI is InChI=1S/C29H33N5O5/c1-28(2,3)39-27(37)33-12-11-19(15-33)34-16-22-20(9-10-24-21(22)14-30-32-24)23-13-29(23,25(34)35)31-26(36)38-17-18-7-5-4-6-8-18/h4-10,14,19,23H,11-13,15-17H2,1-3H3,(H,30,32)(H,31,36). The number of alkyl carbamates (subject to hydrolysis) is 1. The first-order valence-electron chi connectivity index (χ1n) is 13.4. The fourth-order valence-corrected chi connectivity index (χ4v) is 5.89. The van der Waals surface area contributed by atoms with Crippen molar-refractivity contribution in [3.05, 3.63) is 65.4 Å². The number of aromatic amines is 1. The molecule has 6 rings (SSSR count). The summed E-state index contributed by atoms with van der Waals surface area (Å²) in [6.07, 6.45) is 1.90. The number of H-pyrrole nitrogens is 1. The molecule has 39 heavy (non-hydrogen) atoms. The fourth-order valence-electron chi connectivity index (χ4n) is 5.89. The molecule has 3 unspecified atom stereocenters. The van der Waals surface area contributed by atoms with Gasteiger partial charge in [0.05, 0.1) is 17.8 Å². The van der Waals surface area contributed by atoms with Crippen molar-refractivity contribution in [3.63, 3.8) is 0 Å². The fraction of sp³-hybridized carbons (Fsp3) is 0.448. The first-order valence-corrected chi connectivity index (χ1v) is 13.4. The number of nitrogens with zero attached hydrogens (tertiary/aromatic N) is 3. The summed E-state index contributed by atoms with van der Waals surface area (Å²) in [5.74, 6) is -0.315. The highest BCUT2D eigenvalue weighted by Gasteiger charge is 2.65. The quantitative estimate of drug-likeness (QED) is 0.524. The third-order valence-electron chi connectivity index (χ3n) is 7.87. The summed E-state index contributed by atoms with van der Waals surface area (Å²) >= 11 is 0. The van der Waals surface area contributed by atoms with Crippen LogP contribution in [0.15, 0.2) is 48.7 Å². The predicted molar refractivity (Wildman–Crippen MR) is 143 cm³/mol. The lowest BCUT2D eigenvalue weighted by molar-refractivity contribution is -0.137. The highest BCUT2D eigenvalue weighted by molar-refractivity contribution is 5.97. The summed E-state index contributed by atoms with van der Waals surface area (Å²) in [5.41, 5.74) is 2.13. The molecule has 2 aromatic carbocycles. The summed E-state index contributed by atoms with van der Waals surface area (Å²) < 4.78 is 11.1. The van der Waals surface area contributed by atoms with Crippen molar-refractivity contribution >= 4 is 29.0 Å². The highest BCUT2D eigenvalue weighted by Crippen LogP contribution is 2.56. The van der Waals surface area contributed by atoms with Gasteiger partial charge in [-0.2, -0.15) is 5.10 Å². The average Bonchev–Trinajstić information content (AvgIpc) is 3.22. The van der Waals surface area contributed by atoms with E-state index in [9.17, 15) is 14.4 Å². The number of benzene rings is 2. The maximum Gasteiger partial charge on any atom is 0.410 e. The molecule has 0 radical (unpaired) electrons. The Morgan fingerprint density at radius 2 is 1.97 bits per heavy atom. The predicted octanol–water partition coefficient (Wildman–Crippen LogP) is 4.07. The number of hydrogen-bond acceptors (Lipinski definition) is 6. The van der Waals surface area contributed by atoms with Crippen LogP contribution in [0.2, 0.25) is 0 Å². The minimum Gasteiger partial charge on any atom is -0.445 e. The topological polar surface area (TPSA) is 117 Å². The third kappa shape index (κ3) is 4.68. The van der Waals surface area contributed by atoms with Crippen molar-refractivity contribution in [2.75, 3.05) is 13.1 Å². The number of carbonyl (C=O) groups excluding carboxylic acids is 3. The van der Waals surface area contributed by atoms with E-state index in [-0.39, 0.29) is 30.6 Å². The molecule has 2 aliphatic heterocycles. The van der Waals surface area contributed by atoms with Crippen LogP contribution in [-0.4, -0.2) is 68.4 Å². The van der Waals surface area contributed by atoms with Crippen LogP contribution >= 0.6 is 0 Å². The van der Waals surface area contributed by atoms with E-state index in [1.165, 1.54) is 0 Å². The molecule has 10 nitrogen and oxygen atoms in total. The van der Waals surface area contributed by atoms with E-state index in [0.29, 0.717) is 32.5 Å². The molecule has 10 heteroatoms. The minimum atomic E-state index is -1.09. The molecule has 1 aliphatic carbocycles. The maximum absolute atomic E-state index is 14.3. The van der Waals surface area contributed by atoms with E-state index < -0.39 is 17.2 Å². The Labute approximate surface area is 226 Å². The molecule has 204 valence electrons. The smallest absolute Gasteiger partial charge is 0.410 e. The minimum absolute atomic E-state index is 0.116. The van der Waals surface area contributed by atoms with E-state index in [0.717, 1.165) is 27.6 Å². The van der Waals surface area contributed by atoms with Gasteiger partial charge in [0, 0.05) is 30.9 Å². The van der Waals surface area contributed by atoms with Gasteiger partial charge < -0.3 is 24.6 Å². The molecule has 0 spiro atoms. The lowest BCUT2D eigenvalue weighted by atomic mass is 9.98. The van der Waals surface area contributed by atoms with Crippen LogP contribution in [0, 0.1) is 0 Å². The number of rotatable bonds is 4. The molecule has 1 saturated carbocycles. The molecule has 3 aliphatic rings.